The SMILES string of the molecule is COC(=O)c1cc(Cl)ccc1NC(=O)c1cc(Br)sc1Br. The summed E-state index contributed by atoms with van der Waals surface area (Å²) < 4.78 is 6.20. The van der Waals surface area contributed by atoms with Crippen LogP contribution in [0.15, 0.2) is 31.8 Å². The number of nitrogens with one attached hydrogen (secondary N) is 1. The summed E-state index contributed by atoms with van der Waals surface area (Å²) in [7, 11) is 1.27. The summed E-state index contributed by atoms with van der Waals surface area (Å²) in [6.45, 7) is 0. The molecule has 1 heterocycles. The molecule has 2 rings (SSSR count). The highest BCUT2D eigenvalue weighted by Crippen LogP contribution is 2.32. The van der Waals surface area contributed by atoms with Gasteiger partial charge in [0.2, 0.25) is 0 Å². The number of anilines is 1. The molecule has 0 fully saturated rings. The summed E-state index contributed by atoms with van der Waals surface area (Å²) in [4.78, 5) is 24.0. The highest BCUT2D eigenvalue weighted by Gasteiger charge is 2.18. The van der Waals surface area contributed by atoms with E-state index in [9.17, 15) is 9.59 Å². The summed E-state index contributed by atoms with van der Waals surface area (Å²) in [5.41, 5.74) is 1.01. The van der Waals surface area contributed by atoms with Crippen molar-refractivity contribution in [3.63, 3.8) is 0 Å². The van der Waals surface area contributed by atoms with Crippen molar-refractivity contribution in [2.45, 2.75) is 0 Å². The van der Waals surface area contributed by atoms with E-state index in [0.29, 0.717) is 20.1 Å². The number of amides is 1. The fourth-order valence-corrected chi connectivity index (χ4v) is 4.55. The van der Waals surface area contributed by atoms with Gasteiger partial charge in [0, 0.05) is 5.02 Å². The standard InChI is InChI=1S/C13H8Br2ClNO3S/c1-20-13(19)7-4-6(16)2-3-9(7)17-12(18)8-5-10(14)21-11(8)15/h2-5H,1H3,(H,17,18). The fraction of sp³-hybridized carbons (Fsp3) is 0.0769. The van der Waals surface area contributed by atoms with Crippen molar-refractivity contribution in [1.29, 1.82) is 0 Å². The number of thiophene rings is 1. The Morgan fingerprint density at radius 2 is 1.95 bits per heavy atom. The molecule has 1 amide bonds. The Labute approximate surface area is 146 Å². The van der Waals surface area contributed by atoms with Crippen LogP contribution in [-0.4, -0.2) is 19.0 Å². The van der Waals surface area contributed by atoms with Crippen LogP contribution in [0.5, 0.6) is 0 Å². The monoisotopic (exact) mass is 451 g/mol. The Hall–Kier alpha value is -0.890. The zero-order valence-electron chi connectivity index (χ0n) is 10.6. The molecule has 110 valence electrons. The highest BCUT2D eigenvalue weighted by molar-refractivity contribution is 9.12. The molecule has 0 aliphatic rings. The van der Waals surface area contributed by atoms with Crippen LogP contribution in [0, 0.1) is 0 Å². The first-order chi connectivity index (χ1) is 9.92. The number of ether oxygens (including phenoxy) is 1. The fourth-order valence-electron chi connectivity index (χ4n) is 1.59. The van der Waals surface area contributed by atoms with Gasteiger partial charge in [0.1, 0.15) is 0 Å². The predicted octanol–water partition coefficient (Wildman–Crippen LogP) is 4.97. The van der Waals surface area contributed by atoms with Crippen molar-refractivity contribution in [2.75, 3.05) is 12.4 Å². The maximum Gasteiger partial charge on any atom is 0.340 e. The van der Waals surface area contributed by atoms with Crippen LogP contribution >= 0.6 is 54.8 Å². The maximum atomic E-state index is 12.3. The molecule has 1 aromatic heterocycles. The summed E-state index contributed by atoms with van der Waals surface area (Å²) in [6.07, 6.45) is 0. The van der Waals surface area contributed by atoms with Gasteiger partial charge in [0.05, 0.1) is 31.5 Å². The average molecular weight is 454 g/mol. The van der Waals surface area contributed by atoms with Gasteiger partial charge >= 0.3 is 5.97 Å². The van der Waals surface area contributed by atoms with Gasteiger partial charge in [-0.05, 0) is 56.1 Å². The molecule has 0 atom stereocenters. The van der Waals surface area contributed by atoms with Gasteiger partial charge in [-0.1, -0.05) is 11.6 Å². The van der Waals surface area contributed by atoms with Gasteiger partial charge in [0.15, 0.2) is 0 Å². The second kappa shape index (κ2) is 6.91. The van der Waals surface area contributed by atoms with Gasteiger partial charge in [-0.3, -0.25) is 4.79 Å². The van der Waals surface area contributed by atoms with E-state index in [1.165, 1.54) is 24.5 Å². The van der Waals surface area contributed by atoms with Crippen LogP contribution in [0.1, 0.15) is 20.7 Å². The number of hydrogen-bond acceptors (Lipinski definition) is 4. The highest BCUT2D eigenvalue weighted by atomic mass is 79.9. The number of halogens is 3. The molecule has 8 heteroatoms. The van der Waals surface area contributed by atoms with E-state index in [0.717, 1.165) is 3.79 Å². The molecule has 21 heavy (non-hydrogen) atoms. The lowest BCUT2D eigenvalue weighted by atomic mass is 10.1. The van der Waals surface area contributed by atoms with Crippen molar-refractivity contribution in [2.24, 2.45) is 0 Å². The molecule has 0 saturated carbocycles. The van der Waals surface area contributed by atoms with Crippen molar-refractivity contribution in [3.8, 4) is 0 Å². The number of carbonyl (C=O) groups excluding carboxylic acids is 2. The second-order valence-electron chi connectivity index (χ2n) is 3.87. The molecular weight excluding hydrogens is 445 g/mol. The summed E-state index contributed by atoms with van der Waals surface area (Å²) in [5, 5.41) is 3.06. The van der Waals surface area contributed by atoms with Crippen LogP contribution in [0.2, 0.25) is 5.02 Å². The van der Waals surface area contributed by atoms with Crippen LogP contribution in [0.4, 0.5) is 5.69 Å². The van der Waals surface area contributed by atoms with E-state index < -0.39 is 5.97 Å². The Morgan fingerprint density at radius 1 is 1.24 bits per heavy atom. The normalized spacial score (nSPS) is 10.3. The largest absolute Gasteiger partial charge is 0.465 e. The van der Waals surface area contributed by atoms with Crippen molar-refractivity contribution < 1.29 is 14.3 Å². The van der Waals surface area contributed by atoms with E-state index in [1.54, 1.807) is 18.2 Å². The third-order valence-electron chi connectivity index (χ3n) is 2.54. The number of esters is 1. The Balaban J connectivity index is 2.33. The topological polar surface area (TPSA) is 55.4 Å². The van der Waals surface area contributed by atoms with Crippen LogP contribution in [0.3, 0.4) is 0 Å². The zero-order valence-corrected chi connectivity index (χ0v) is 15.3. The number of methoxy groups -OCH3 is 1. The summed E-state index contributed by atoms with van der Waals surface area (Å²) in [6, 6.07) is 6.28. The third kappa shape index (κ3) is 3.85. The molecule has 0 spiro atoms. The Bertz CT molecular complexity index is 717. The average Bonchev–Trinajstić information content (AvgIpc) is 2.78. The van der Waals surface area contributed by atoms with Crippen LogP contribution in [-0.2, 0) is 4.74 Å². The molecule has 4 nitrogen and oxygen atoms in total. The molecule has 0 aliphatic heterocycles. The zero-order chi connectivity index (χ0) is 15.6. The number of hydrogen-bond donors (Lipinski definition) is 1. The van der Waals surface area contributed by atoms with Gasteiger partial charge in [-0.25, -0.2) is 4.79 Å². The summed E-state index contributed by atoms with van der Waals surface area (Å²) in [5.74, 6) is -0.908. The molecule has 0 unspecified atom stereocenters. The second-order valence-corrected chi connectivity index (χ2v) is 8.06. The molecule has 1 N–H and O–H groups in total. The summed E-state index contributed by atoms with van der Waals surface area (Å²) >= 11 is 13.9. The van der Waals surface area contributed by atoms with Crippen molar-refractivity contribution >= 4 is 72.4 Å². The smallest absolute Gasteiger partial charge is 0.340 e. The quantitative estimate of drug-likeness (QED) is 0.668. The van der Waals surface area contributed by atoms with Crippen LogP contribution < -0.4 is 5.32 Å². The molecule has 0 radical (unpaired) electrons. The molecule has 0 bridgehead atoms. The third-order valence-corrected chi connectivity index (χ3v) is 5.11. The van der Waals surface area contributed by atoms with E-state index >= 15 is 0 Å². The Kier molecular flexibility index (Phi) is 5.43. The number of carbonyl (C=O) groups is 2. The predicted molar refractivity (Wildman–Crippen MR) is 90.5 cm³/mol. The minimum absolute atomic E-state index is 0.198. The van der Waals surface area contributed by atoms with Crippen molar-refractivity contribution in [3.05, 3.63) is 48.0 Å². The number of benzene rings is 1. The minimum atomic E-state index is -0.571. The first-order valence-corrected chi connectivity index (χ1v) is 8.34. The van der Waals surface area contributed by atoms with Crippen LogP contribution in [0.25, 0.3) is 0 Å². The maximum absolute atomic E-state index is 12.3. The molecule has 0 saturated heterocycles. The van der Waals surface area contributed by atoms with E-state index in [1.807, 2.05) is 0 Å². The van der Waals surface area contributed by atoms with E-state index in [-0.39, 0.29) is 11.5 Å². The number of rotatable bonds is 3. The van der Waals surface area contributed by atoms with Crippen molar-refractivity contribution in [1.82, 2.24) is 0 Å². The van der Waals surface area contributed by atoms with Gasteiger partial charge in [-0.2, -0.15) is 0 Å². The first-order valence-electron chi connectivity index (χ1n) is 5.56. The first kappa shape index (κ1) is 16.5. The van der Waals surface area contributed by atoms with Gasteiger partial charge in [-0.15, -0.1) is 11.3 Å². The molecule has 0 aliphatic carbocycles. The van der Waals surface area contributed by atoms with Gasteiger partial charge < -0.3 is 10.1 Å². The van der Waals surface area contributed by atoms with E-state index in [4.69, 9.17) is 11.6 Å². The Morgan fingerprint density at radius 3 is 2.52 bits per heavy atom. The van der Waals surface area contributed by atoms with Gasteiger partial charge in [0.25, 0.3) is 5.91 Å². The minimum Gasteiger partial charge on any atom is -0.465 e. The van der Waals surface area contributed by atoms with E-state index in [2.05, 4.69) is 41.9 Å². The molecule has 2 aromatic rings. The lowest BCUT2D eigenvalue weighted by Gasteiger charge is -2.10. The lowest BCUT2D eigenvalue weighted by Crippen LogP contribution is -2.15. The molecular formula is C13H8Br2ClNO3S. The molecule has 1 aromatic carbocycles. The lowest BCUT2D eigenvalue weighted by molar-refractivity contribution is 0.0602.